The maximum absolute atomic E-state index is 11.2. The zero-order chi connectivity index (χ0) is 15.4. The van der Waals surface area contributed by atoms with Gasteiger partial charge in [0.05, 0.1) is 0 Å². The second-order valence-electron chi connectivity index (χ2n) is 3.79. The fourth-order valence-electron chi connectivity index (χ4n) is 1.33. The fraction of sp³-hybridized carbons (Fsp3) is 0.667. The van der Waals surface area contributed by atoms with Crippen molar-refractivity contribution in [3.05, 3.63) is 10.4 Å². The number of rotatable bonds is 6. The van der Waals surface area contributed by atoms with E-state index in [4.69, 9.17) is 5.53 Å². The summed E-state index contributed by atoms with van der Waals surface area (Å²) in [6.45, 7) is 1.55. The average Bonchev–Trinajstić information content (AvgIpc) is 2.34. The van der Waals surface area contributed by atoms with E-state index in [-0.39, 0.29) is 0 Å². The standard InChI is InChI=1S/C9H13N3O7/c1-3(13)9(19,4(2)14)7(17)5(15)6(16)8(18)11-12-10/h5-7,15-17,19H,1-2H3/t5-,6+,7-/m0/s1. The number of amides is 1. The Morgan fingerprint density at radius 3 is 1.89 bits per heavy atom. The molecule has 0 heterocycles. The lowest BCUT2D eigenvalue weighted by Gasteiger charge is -2.32. The molecular formula is C9H13N3O7. The predicted octanol–water partition coefficient (Wildman–Crippen LogP) is -2.18. The Morgan fingerprint density at radius 2 is 1.58 bits per heavy atom. The maximum Gasteiger partial charge on any atom is 0.250 e. The third-order valence-electron chi connectivity index (χ3n) is 2.54. The molecule has 0 rings (SSSR count). The van der Waals surface area contributed by atoms with Crippen LogP contribution in [0.15, 0.2) is 5.11 Å². The molecule has 3 atom stereocenters. The smallest absolute Gasteiger partial charge is 0.250 e. The van der Waals surface area contributed by atoms with Gasteiger partial charge in [-0.05, 0) is 24.5 Å². The Bertz CT molecular complexity index is 429. The Balaban J connectivity index is 5.34. The molecule has 0 saturated carbocycles. The predicted molar refractivity (Wildman–Crippen MR) is 58.5 cm³/mol. The highest BCUT2D eigenvalue weighted by atomic mass is 16.4. The topological polar surface area (TPSA) is 181 Å². The van der Waals surface area contributed by atoms with Gasteiger partial charge in [-0.15, -0.1) is 0 Å². The van der Waals surface area contributed by atoms with Gasteiger partial charge in [0.15, 0.2) is 11.6 Å². The Kier molecular flexibility index (Phi) is 5.75. The van der Waals surface area contributed by atoms with Crippen LogP contribution >= 0.6 is 0 Å². The minimum Gasteiger partial charge on any atom is -0.387 e. The largest absolute Gasteiger partial charge is 0.387 e. The average molecular weight is 275 g/mol. The highest BCUT2D eigenvalue weighted by molar-refractivity contribution is 6.09. The lowest BCUT2D eigenvalue weighted by Crippen LogP contribution is -2.61. The number of hydrogen-bond acceptors (Lipinski definition) is 7. The van der Waals surface area contributed by atoms with Crippen LogP contribution in [0, 0.1) is 0 Å². The minimum absolute atomic E-state index is 0.777. The summed E-state index contributed by atoms with van der Waals surface area (Å²) < 4.78 is 0. The molecular weight excluding hydrogens is 262 g/mol. The molecule has 1 amide bonds. The van der Waals surface area contributed by atoms with E-state index in [9.17, 15) is 34.8 Å². The van der Waals surface area contributed by atoms with Gasteiger partial charge in [-0.3, -0.25) is 14.4 Å². The maximum atomic E-state index is 11.2. The Morgan fingerprint density at radius 1 is 1.16 bits per heavy atom. The minimum atomic E-state index is -2.98. The van der Waals surface area contributed by atoms with E-state index in [1.54, 1.807) is 0 Å². The van der Waals surface area contributed by atoms with Crippen LogP contribution in [0.25, 0.3) is 10.4 Å². The van der Waals surface area contributed by atoms with E-state index >= 15 is 0 Å². The van der Waals surface area contributed by atoms with Crippen molar-refractivity contribution in [2.75, 3.05) is 0 Å². The number of carbonyl (C=O) groups is 3. The number of aliphatic hydroxyl groups excluding tert-OH is 3. The van der Waals surface area contributed by atoms with Crippen LogP contribution in [0.1, 0.15) is 13.8 Å². The molecule has 0 radical (unpaired) electrons. The van der Waals surface area contributed by atoms with Crippen LogP contribution in [-0.4, -0.2) is 61.8 Å². The number of aliphatic hydroxyl groups is 4. The number of carbonyl (C=O) groups excluding carboxylic acids is 3. The van der Waals surface area contributed by atoms with Gasteiger partial charge in [-0.2, -0.15) is 0 Å². The summed E-state index contributed by atoms with van der Waals surface area (Å²) in [5.74, 6) is -3.91. The lowest BCUT2D eigenvalue weighted by molar-refractivity contribution is -0.179. The number of Topliss-reactive ketones (excluding diaryl/α,β-unsaturated/α-hetero) is 2. The van der Waals surface area contributed by atoms with E-state index < -0.39 is 41.4 Å². The van der Waals surface area contributed by atoms with Gasteiger partial charge in [0.25, 0.3) is 0 Å². The molecule has 0 bridgehead atoms. The van der Waals surface area contributed by atoms with Gasteiger partial charge >= 0.3 is 0 Å². The van der Waals surface area contributed by atoms with Crippen molar-refractivity contribution in [2.45, 2.75) is 37.8 Å². The molecule has 0 aliphatic heterocycles. The normalized spacial score (nSPS) is 15.9. The van der Waals surface area contributed by atoms with Gasteiger partial charge in [0, 0.05) is 4.91 Å². The summed E-state index contributed by atoms with van der Waals surface area (Å²) in [6.07, 6.45) is -7.25. The van der Waals surface area contributed by atoms with Gasteiger partial charge in [-0.25, -0.2) is 0 Å². The van der Waals surface area contributed by atoms with Gasteiger partial charge in [0.1, 0.15) is 18.3 Å². The summed E-state index contributed by atoms with van der Waals surface area (Å²) in [5.41, 5.74) is 4.99. The van der Waals surface area contributed by atoms with Crippen molar-refractivity contribution in [1.29, 1.82) is 0 Å². The molecule has 19 heavy (non-hydrogen) atoms. The van der Waals surface area contributed by atoms with E-state index in [0.29, 0.717) is 0 Å². The summed E-state index contributed by atoms with van der Waals surface area (Å²) in [4.78, 5) is 35.4. The number of hydrogen-bond donors (Lipinski definition) is 4. The molecule has 0 aliphatic carbocycles. The van der Waals surface area contributed by atoms with Crippen LogP contribution < -0.4 is 0 Å². The molecule has 106 valence electrons. The number of ketones is 2. The van der Waals surface area contributed by atoms with E-state index in [2.05, 4.69) is 10.0 Å². The van der Waals surface area contributed by atoms with Gasteiger partial charge in [-0.1, -0.05) is 0 Å². The summed E-state index contributed by atoms with van der Waals surface area (Å²) >= 11 is 0. The third kappa shape index (κ3) is 3.34. The number of azide groups is 1. The molecule has 4 N–H and O–H groups in total. The van der Waals surface area contributed by atoms with Crippen molar-refractivity contribution < 1.29 is 34.8 Å². The monoisotopic (exact) mass is 275 g/mol. The molecule has 0 spiro atoms. The molecule has 10 nitrogen and oxygen atoms in total. The first-order valence-corrected chi connectivity index (χ1v) is 4.98. The van der Waals surface area contributed by atoms with Crippen LogP contribution in [0.3, 0.4) is 0 Å². The second kappa shape index (κ2) is 6.36. The number of nitrogens with zero attached hydrogens (tertiary/aromatic N) is 3. The third-order valence-corrected chi connectivity index (χ3v) is 2.54. The van der Waals surface area contributed by atoms with E-state index in [1.165, 1.54) is 0 Å². The van der Waals surface area contributed by atoms with Crippen molar-refractivity contribution in [1.82, 2.24) is 0 Å². The molecule has 0 aliphatic rings. The van der Waals surface area contributed by atoms with Gasteiger partial charge < -0.3 is 20.4 Å². The molecule has 0 aromatic heterocycles. The molecule has 0 aromatic carbocycles. The zero-order valence-electron chi connectivity index (χ0n) is 10.1. The van der Waals surface area contributed by atoms with Gasteiger partial charge in [0.2, 0.25) is 11.5 Å². The second-order valence-corrected chi connectivity index (χ2v) is 3.79. The first-order chi connectivity index (χ1) is 8.60. The highest BCUT2D eigenvalue weighted by Gasteiger charge is 2.50. The van der Waals surface area contributed by atoms with Crippen LogP contribution in [0.5, 0.6) is 0 Å². The lowest BCUT2D eigenvalue weighted by atomic mass is 9.84. The molecule has 0 saturated heterocycles. The molecule has 0 aromatic rings. The summed E-state index contributed by atoms with van der Waals surface area (Å²) in [7, 11) is 0. The molecule has 0 unspecified atom stereocenters. The summed E-state index contributed by atoms with van der Waals surface area (Å²) in [6, 6.07) is 0. The SMILES string of the molecule is CC(=O)C(O)(C(C)=O)[C@@H](O)[C@@H](O)[C@@H](O)C(=O)N=[N+]=[N-]. The zero-order valence-corrected chi connectivity index (χ0v) is 10.1. The van der Waals surface area contributed by atoms with Crippen molar-refractivity contribution in [3.8, 4) is 0 Å². The molecule has 0 fully saturated rings. The molecule has 10 heteroatoms. The first kappa shape index (κ1) is 17.2. The van der Waals surface area contributed by atoms with Crippen molar-refractivity contribution in [3.63, 3.8) is 0 Å². The van der Waals surface area contributed by atoms with Crippen molar-refractivity contribution >= 4 is 17.5 Å². The van der Waals surface area contributed by atoms with Crippen LogP contribution in [0.2, 0.25) is 0 Å². The van der Waals surface area contributed by atoms with Crippen LogP contribution in [0.4, 0.5) is 0 Å². The van der Waals surface area contributed by atoms with E-state index in [1.807, 2.05) is 0 Å². The summed E-state index contributed by atoms with van der Waals surface area (Å²) in [5, 5.41) is 40.5. The quantitative estimate of drug-likeness (QED) is 0.184. The first-order valence-electron chi connectivity index (χ1n) is 4.98. The Hall–Kier alpha value is -1.84. The van der Waals surface area contributed by atoms with Crippen LogP contribution in [-0.2, 0) is 14.4 Å². The highest BCUT2D eigenvalue weighted by Crippen LogP contribution is 2.19. The fourth-order valence-corrected chi connectivity index (χ4v) is 1.33. The van der Waals surface area contributed by atoms with Crippen molar-refractivity contribution in [2.24, 2.45) is 5.11 Å². The van der Waals surface area contributed by atoms with E-state index in [0.717, 1.165) is 13.8 Å². The Labute approximate surface area is 106 Å².